The lowest BCUT2D eigenvalue weighted by atomic mass is 9.78. The van der Waals surface area contributed by atoms with Crippen LogP contribution in [0.4, 0.5) is 17.1 Å². The first kappa shape index (κ1) is 34.4. The van der Waals surface area contributed by atoms with Crippen molar-refractivity contribution in [3.05, 3.63) is 162 Å². The van der Waals surface area contributed by atoms with E-state index in [2.05, 4.69) is 200 Å². The highest BCUT2D eigenvalue weighted by atomic mass is 16.3. The maximum absolute atomic E-state index is 6.86. The van der Waals surface area contributed by atoms with Crippen molar-refractivity contribution in [2.75, 3.05) is 4.90 Å². The molecule has 10 rings (SSSR count). The molecule has 9 aromatic rings. The molecular formula is C53H47NO2. The number of benzene rings is 7. The highest BCUT2D eigenvalue weighted by Gasteiger charge is 2.36. The standard InChI is InChI=1S/C53H47NO2/c1-51(2,3)33-28-42(52(4,5)6)49-47(29-33)56-45-23-15-21-43(50(45)49)54(34-24-26-38-37-18-12-13-20-40(37)53(7,8)41(38)30-34)35-25-27-39-46(31-35)55-44-22-14-19-36(48(39)44)32-16-10-9-11-17-32/h9-31H,1-8H3. The van der Waals surface area contributed by atoms with E-state index in [4.69, 9.17) is 8.83 Å². The van der Waals surface area contributed by atoms with Crippen molar-refractivity contribution in [3.63, 3.8) is 0 Å². The summed E-state index contributed by atoms with van der Waals surface area (Å²) in [6.07, 6.45) is 0. The molecule has 0 amide bonds. The second-order valence-corrected chi connectivity index (χ2v) is 18.2. The monoisotopic (exact) mass is 729 g/mol. The van der Waals surface area contributed by atoms with E-state index in [9.17, 15) is 0 Å². The van der Waals surface area contributed by atoms with Crippen molar-refractivity contribution in [1.82, 2.24) is 0 Å². The fourth-order valence-electron chi connectivity index (χ4n) is 9.21. The van der Waals surface area contributed by atoms with Crippen LogP contribution >= 0.6 is 0 Å². The minimum absolute atomic E-state index is 0.0286. The summed E-state index contributed by atoms with van der Waals surface area (Å²) < 4.78 is 13.6. The van der Waals surface area contributed by atoms with E-state index in [-0.39, 0.29) is 16.2 Å². The molecular weight excluding hydrogens is 683 g/mol. The van der Waals surface area contributed by atoms with Crippen LogP contribution in [0.2, 0.25) is 0 Å². The van der Waals surface area contributed by atoms with Crippen LogP contribution in [-0.2, 0) is 16.2 Å². The van der Waals surface area contributed by atoms with Gasteiger partial charge in [-0.25, -0.2) is 0 Å². The Balaban J connectivity index is 1.26. The number of rotatable bonds is 4. The maximum atomic E-state index is 6.86. The second kappa shape index (κ2) is 12.0. The highest BCUT2D eigenvalue weighted by Crippen LogP contribution is 2.52. The molecule has 2 aromatic heterocycles. The van der Waals surface area contributed by atoms with Crippen LogP contribution in [0.25, 0.3) is 66.1 Å². The van der Waals surface area contributed by atoms with Gasteiger partial charge in [-0.15, -0.1) is 0 Å². The largest absolute Gasteiger partial charge is 0.456 e. The van der Waals surface area contributed by atoms with Crippen LogP contribution < -0.4 is 4.90 Å². The Morgan fingerprint density at radius 1 is 0.464 bits per heavy atom. The van der Waals surface area contributed by atoms with Gasteiger partial charge in [-0.2, -0.15) is 0 Å². The molecule has 0 aliphatic heterocycles. The van der Waals surface area contributed by atoms with Gasteiger partial charge in [0.05, 0.1) is 11.1 Å². The third-order valence-electron chi connectivity index (χ3n) is 12.1. The van der Waals surface area contributed by atoms with Crippen molar-refractivity contribution < 1.29 is 8.83 Å². The quantitative estimate of drug-likeness (QED) is 0.181. The molecule has 1 aliphatic rings. The van der Waals surface area contributed by atoms with E-state index in [1.807, 2.05) is 0 Å². The van der Waals surface area contributed by atoms with Gasteiger partial charge in [-0.3, -0.25) is 0 Å². The van der Waals surface area contributed by atoms with Gasteiger partial charge in [0.1, 0.15) is 22.3 Å². The predicted molar refractivity (Wildman–Crippen MR) is 236 cm³/mol. The third-order valence-corrected chi connectivity index (χ3v) is 12.1. The average molecular weight is 730 g/mol. The zero-order valence-corrected chi connectivity index (χ0v) is 33.5. The van der Waals surface area contributed by atoms with Crippen LogP contribution in [0.3, 0.4) is 0 Å². The van der Waals surface area contributed by atoms with Crippen molar-refractivity contribution in [2.24, 2.45) is 0 Å². The van der Waals surface area contributed by atoms with E-state index in [1.165, 1.54) is 49.9 Å². The smallest absolute Gasteiger partial charge is 0.137 e. The summed E-state index contributed by atoms with van der Waals surface area (Å²) >= 11 is 0. The SMILES string of the molecule is CC(C)(C)c1cc(C(C)(C)C)c2c(c1)oc1cccc(N(c3ccc4c(c3)C(C)(C)c3ccccc3-4)c3ccc4c(c3)oc3cccc(-c5ccccc5)c34)c12. The minimum atomic E-state index is -0.152. The summed E-state index contributed by atoms with van der Waals surface area (Å²) in [5.74, 6) is 0. The lowest BCUT2D eigenvalue weighted by molar-refractivity contribution is 0.569. The zero-order chi connectivity index (χ0) is 38.7. The summed E-state index contributed by atoms with van der Waals surface area (Å²) in [5, 5.41) is 4.53. The van der Waals surface area contributed by atoms with Gasteiger partial charge in [-0.1, -0.05) is 140 Å². The van der Waals surface area contributed by atoms with Gasteiger partial charge in [-0.05, 0) is 104 Å². The first-order valence-electron chi connectivity index (χ1n) is 19.8. The van der Waals surface area contributed by atoms with Gasteiger partial charge in [0, 0.05) is 39.0 Å². The van der Waals surface area contributed by atoms with Crippen molar-refractivity contribution in [2.45, 2.75) is 71.6 Å². The number of furan rings is 2. The molecule has 3 nitrogen and oxygen atoms in total. The summed E-state index contributed by atoms with van der Waals surface area (Å²) in [7, 11) is 0. The van der Waals surface area contributed by atoms with Crippen molar-refractivity contribution >= 4 is 60.9 Å². The first-order valence-corrected chi connectivity index (χ1v) is 19.8. The Morgan fingerprint density at radius 3 is 1.88 bits per heavy atom. The summed E-state index contributed by atoms with van der Waals surface area (Å²) in [6, 6.07) is 50.7. The molecule has 0 radical (unpaired) electrons. The van der Waals surface area contributed by atoms with Gasteiger partial charge in [0.2, 0.25) is 0 Å². The molecule has 2 heterocycles. The summed E-state index contributed by atoms with van der Waals surface area (Å²) in [5.41, 5.74) is 16.7. The van der Waals surface area contributed by atoms with E-state index in [0.29, 0.717) is 0 Å². The van der Waals surface area contributed by atoms with Gasteiger partial charge < -0.3 is 13.7 Å². The van der Waals surface area contributed by atoms with Gasteiger partial charge in [0.15, 0.2) is 0 Å². The second-order valence-electron chi connectivity index (χ2n) is 18.2. The number of nitrogens with zero attached hydrogens (tertiary/aromatic N) is 1. The van der Waals surface area contributed by atoms with Crippen LogP contribution in [-0.4, -0.2) is 0 Å². The molecule has 0 fully saturated rings. The van der Waals surface area contributed by atoms with E-state index < -0.39 is 0 Å². The zero-order valence-electron chi connectivity index (χ0n) is 33.5. The fourth-order valence-corrected chi connectivity index (χ4v) is 9.21. The molecule has 0 spiro atoms. The molecule has 0 saturated carbocycles. The molecule has 0 N–H and O–H groups in total. The number of anilines is 3. The maximum Gasteiger partial charge on any atom is 0.137 e. The average Bonchev–Trinajstić information content (AvgIpc) is 3.82. The van der Waals surface area contributed by atoms with E-state index >= 15 is 0 Å². The van der Waals surface area contributed by atoms with Crippen LogP contribution in [0.15, 0.2) is 148 Å². The minimum Gasteiger partial charge on any atom is -0.456 e. The van der Waals surface area contributed by atoms with E-state index in [1.54, 1.807) is 0 Å². The Morgan fingerprint density at radius 2 is 1.11 bits per heavy atom. The summed E-state index contributed by atoms with van der Waals surface area (Å²) in [6.45, 7) is 18.5. The van der Waals surface area contributed by atoms with Gasteiger partial charge in [0.25, 0.3) is 0 Å². The molecule has 1 aliphatic carbocycles. The Hall–Kier alpha value is -6.06. The molecule has 0 unspecified atom stereocenters. The Kier molecular flexibility index (Phi) is 7.36. The molecule has 0 saturated heterocycles. The Bertz CT molecular complexity index is 3020. The van der Waals surface area contributed by atoms with Crippen LogP contribution in [0.5, 0.6) is 0 Å². The van der Waals surface area contributed by atoms with Crippen LogP contribution in [0, 0.1) is 0 Å². The number of hydrogen-bond acceptors (Lipinski definition) is 3. The fraction of sp³-hybridized carbons (Fsp3) is 0.208. The molecule has 3 heteroatoms. The lowest BCUT2D eigenvalue weighted by Gasteiger charge is -2.29. The van der Waals surface area contributed by atoms with Gasteiger partial charge >= 0.3 is 0 Å². The topological polar surface area (TPSA) is 29.5 Å². The normalized spacial score (nSPS) is 13.9. The molecule has 56 heavy (non-hydrogen) atoms. The molecule has 7 aromatic carbocycles. The third kappa shape index (κ3) is 5.17. The Labute approximate surface area is 329 Å². The van der Waals surface area contributed by atoms with Crippen molar-refractivity contribution in [3.8, 4) is 22.3 Å². The highest BCUT2D eigenvalue weighted by molar-refractivity contribution is 6.16. The molecule has 0 bridgehead atoms. The summed E-state index contributed by atoms with van der Waals surface area (Å²) in [4.78, 5) is 2.42. The molecule has 276 valence electrons. The predicted octanol–water partition coefficient (Wildman–Crippen LogP) is 15.5. The first-order chi connectivity index (χ1) is 26.8. The van der Waals surface area contributed by atoms with E-state index in [0.717, 1.165) is 55.6 Å². The van der Waals surface area contributed by atoms with Crippen molar-refractivity contribution in [1.29, 1.82) is 0 Å². The molecule has 0 atom stereocenters. The number of hydrogen-bond donors (Lipinski definition) is 0. The van der Waals surface area contributed by atoms with Crippen LogP contribution in [0.1, 0.15) is 77.6 Å². The number of fused-ring (bicyclic) bond motifs is 9. The lowest BCUT2D eigenvalue weighted by Crippen LogP contribution is -2.17.